The van der Waals surface area contributed by atoms with E-state index < -0.39 is 0 Å². The second-order valence-electron chi connectivity index (χ2n) is 3.69. The van der Waals surface area contributed by atoms with E-state index in [0.717, 1.165) is 6.42 Å². The molecule has 1 heterocycles. The molecule has 0 aromatic carbocycles. The lowest BCUT2D eigenvalue weighted by Gasteiger charge is -2.15. The fourth-order valence-electron chi connectivity index (χ4n) is 1.60. The lowest BCUT2D eigenvalue weighted by molar-refractivity contribution is 0.498. The van der Waals surface area contributed by atoms with Gasteiger partial charge in [0.05, 0.1) is 0 Å². The fourth-order valence-corrected chi connectivity index (χ4v) is 1.60. The van der Waals surface area contributed by atoms with Crippen LogP contribution >= 0.6 is 0 Å². The Kier molecular flexibility index (Phi) is 5.23. The number of hydrogen-bond acceptors (Lipinski definition) is 2. The van der Waals surface area contributed by atoms with Gasteiger partial charge < -0.3 is 5.32 Å². The van der Waals surface area contributed by atoms with Gasteiger partial charge in [0, 0.05) is 18.4 Å². The van der Waals surface area contributed by atoms with Crippen molar-refractivity contribution in [3.8, 4) is 0 Å². The van der Waals surface area contributed by atoms with E-state index in [1.807, 2.05) is 19.4 Å². The second kappa shape index (κ2) is 6.55. The first-order chi connectivity index (χ1) is 6.86. The van der Waals surface area contributed by atoms with Crippen LogP contribution in [0.4, 0.5) is 0 Å². The molecule has 1 N–H and O–H groups in total. The Bertz CT molecular complexity index is 233. The normalized spacial score (nSPS) is 12.7. The largest absolute Gasteiger partial charge is 0.317 e. The van der Waals surface area contributed by atoms with Gasteiger partial charge in [-0.15, -0.1) is 0 Å². The van der Waals surface area contributed by atoms with Gasteiger partial charge in [-0.05, 0) is 37.6 Å². The van der Waals surface area contributed by atoms with Gasteiger partial charge in [-0.1, -0.05) is 19.8 Å². The zero-order valence-corrected chi connectivity index (χ0v) is 9.16. The van der Waals surface area contributed by atoms with Gasteiger partial charge >= 0.3 is 0 Å². The van der Waals surface area contributed by atoms with Gasteiger partial charge in [0.2, 0.25) is 0 Å². The SMILES string of the molecule is CCCCC(Cc1ccncc1)NC. The minimum Gasteiger partial charge on any atom is -0.317 e. The molecular formula is C12H20N2. The molecule has 14 heavy (non-hydrogen) atoms. The Morgan fingerprint density at radius 3 is 2.64 bits per heavy atom. The molecule has 0 aliphatic rings. The summed E-state index contributed by atoms with van der Waals surface area (Å²) in [5, 5.41) is 3.36. The van der Waals surface area contributed by atoms with E-state index in [4.69, 9.17) is 0 Å². The molecule has 1 rings (SSSR count). The predicted octanol–water partition coefficient (Wildman–Crippen LogP) is 2.40. The summed E-state index contributed by atoms with van der Waals surface area (Å²) in [5.74, 6) is 0. The highest BCUT2D eigenvalue weighted by Gasteiger charge is 2.05. The van der Waals surface area contributed by atoms with Crippen molar-refractivity contribution in [2.45, 2.75) is 38.6 Å². The number of rotatable bonds is 6. The van der Waals surface area contributed by atoms with Crippen LogP contribution in [0, 0.1) is 0 Å². The summed E-state index contributed by atoms with van der Waals surface area (Å²) in [4.78, 5) is 4.02. The van der Waals surface area contributed by atoms with Crippen LogP contribution < -0.4 is 5.32 Å². The third kappa shape index (κ3) is 3.88. The van der Waals surface area contributed by atoms with Crippen LogP contribution in [0.5, 0.6) is 0 Å². The van der Waals surface area contributed by atoms with Crippen LogP contribution in [-0.2, 0) is 6.42 Å². The first-order valence-electron chi connectivity index (χ1n) is 5.43. The molecular weight excluding hydrogens is 172 g/mol. The first-order valence-corrected chi connectivity index (χ1v) is 5.43. The maximum absolute atomic E-state index is 4.02. The standard InChI is InChI=1S/C12H20N2/c1-3-4-5-12(13-2)10-11-6-8-14-9-7-11/h6-9,12-13H,3-5,10H2,1-2H3. The van der Waals surface area contributed by atoms with E-state index in [1.165, 1.54) is 24.8 Å². The second-order valence-corrected chi connectivity index (χ2v) is 3.69. The molecule has 0 radical (unpaired) electrons. The van der Waals surface area contributed by atoms with E-state index >= 15 is 0 Å². The number of likely N-dealkylation sites (N-methyl/N-ethyl adjacent to an activating group) is 1. The van der Waals surface area contributed by atoms with Crippen LogP contribution in [0.1, 0.15) is 31.7 Å². The maximum atomic E-state index is 4.02. The number of nitrogens with zero attached hydrogens (tertiary/aromatic N) is 1. The topological polar surface area (TPSA) is 24.9 Å². The summed E-state index contributed by atoms with van der Waals surface area (Å²) in [6.07, 6.45) is 8.67. The minimum absolute atomic E-state index is 0.609. The van der Waals surface area contributed by atoms with Crippen molar-refractivity contribution in [1.29, 1.82) is 0 Å². The molecule has 1 aromatic rings. The highest BCUT2D eigenvalue weighted by atomic mass is 14.9. The van der Waals surface area contributed by atoms with Gasteiger partial charge in [-0.3, -0.25) is 4.98 Å². The van der Waals surface area contributed by atoms with Crippen molar-refractivity contribution in [2.24, 2.45) is 0 Å². The summed E-state index contributed by atoms with van der Waals surface area (Å²) in [6.45, 7) is 2.24. The zero-order chi connectivity index (χ0) is 10.2. The van der Waals surface area contributed by atoms with Gasteiger partial charge in [0.1, 0.15) is 0 Å². The molecule has 0 saturated carbocycles. The summed E-state index contributed by atoms with van der Waals surface area (Å²) in [5.41, 5.74) is 1.37. The number of pyridine rings is 1. The molecule has 1 atom stereocenters. The summed E-state index contributed by atoms with van der Waals surface area (Å²) < 4.78 is 0. The van der Waals surface area contributed by atoms with Crippen molar-refractivity contribution < 1.29 is 0 Å². The average molecular weight is 192 g/mol. The third-order valence-electron chi connectivity index (χ3n) is 2.55. The number of hydrogen-bond donors (Lipinski definition) is 1. The monoisotopic (exact) mass is 192 g/mol. The van der Waals surface area contributed by atoms with Crippen molar-refractivity contribution in [3.05, 3.63) is 30.1 Å². The van der Waals surface area contributed by atoms with Crippen LogP contribution in [0.2, 0.25) is 0 Å². The van der Waals surface area contributed by atoms with Gasteiger partial charge in [-0.2, -0.15) is 0 Å². The number of nitrogens with one attached hydrogen (secondary N) is 1. The molecule has 0 bridgehead atoms. The predicted molar refractivity (Wildman–Crippen MR) is 60.3 cm³/mol. The molecule has 1 unspecified atom stereocenters. The van der Waals surface area contributed by atoms with E-state index in [9.17, 15) is 0 Å². The highest BCUT2D eigenvalue weighted by molar-refractivity contribution is 5.11. The third-order valence-corrected chi connectivity index (χ3v) is 2.55. The van der Waals surface area contributed by atoms with Crippen LogP contribution in [-0.4, -0.2) is 18.1 Å². The Morgan fingerprint density at radius 2 is 2.07 bits per heavy atom. The Morgan fingerprint density at radius 1 is 1.36 bits per heavy atom. The highest BCUT2D eigenvalue weighted by Crippen LogP contribution is 2.07. The van der Waals surface area contributed by atoms with E-state index in [2.05, 4.69) is 29.4 Å². The maximum Gasteiger partial charge on any atom is 0.0270 e. The molecule has 0 spiro atoms. The molecule has 2 heteroatoms. The summed E-state index contributed by atoms with van der Waals surface area (Å²) in [6, 6.07) is 4.80. The van der Waals surface area contributed by atoms with Gasteiger partial charge in [-0.25, -0.2) is 0 Å². The molecule has 78 valence electrons. The fraction of sp³-hybridized carbons (Fsp3) is 0.583. The van der Waals surface area contributed by atoms with Crippen molar-refractivity contribution in [1.82, 2.24) is 10.3 Å². The molecule has 0 aliphatic carbocycles. The lowest BCUT2D eigenvalue weighted by Crippen LogP contribution is -2.27. The van der Waals surface area contributed by atoms with Crippen LogP contribution in [0.25, 0.3) is 0 Å². The minimum atomic E-state index is 0.609. The molecule has 1 aromatic heterocycles. The van der Waals surface area contributed by atoms with Crippen LogP contribution in [0.15, 0.2) is 24.5 Å². The van der Waals surface area contributed by atoms with Gasteiger partial charge in [0.15, 0.2) is 0 Å². The van der Waals surface area contributed by atoms with E-state index in [-0.39, 0.29) is 0 Å². The zero-order valence-electron chi connectivity index (χ0n) is 9.16. The molecule has 2 nitrogen and oxygen atoms in total. The van der Waals surface area contributed by atoms with Crippen molar-refractivity contribution in [3.63, 3.8) is 0 Å². The van der Waals surface area contributed by atoms with Crippen LogP contribution in [0.3, 0.4) is 0 Å². The molecule has 0 aliphatic heterocycles. The summed E-state index contributed by atoms with van der Waals surface area (Å²) >= 11 is 0. The van der Waals surface area contributed by atoms with Crippen molar-refractivity contribution in [2.75, 3.05) is 7.05 Å². The van der Waals surface area contributed by atoms with Crippen molar-refractivity contribution >= 4 is 0 Å². The molecule has 0 amide bonds. The molecule has 0 saturated heterocycles. The number of aromatic nitrogens is 1. The quantitative estimate of drug-likeness (QED) is 0.748. The van der Waals surface area contributed by atoms with E-state index in [1.54, 1.807) is 0 Å². The Labute approximate surface area is 86.8 Å². The Balaban J connectivity index is 2.40. The lowest BCUT2D eigenvalue weighted by atomic mass is 10.0. The average Bonchev–Trinajstić information content (AvgIpc) is 2.25. The summed E-state index contributed by atoms with van der Waals surface area (Å²) in [7, 11) is 2.04. The number of unbranched alkanes of at least 4 members (excludes halogenated alkanes) is 1. The van der Waals surface area contributed by atoms with E-state index in [0.29, 0.717) is 6.04 Å². The smallest absolute Gasteiger partial charge is 0.0270 e. The Hall–Kier alpha value is -0.890. The molecule has 0 fully saturated rings. The van der Waals surface area contributed by atoms with Gasteiger partial charge in [0.25, 0.3) is 0 Å². The first kappa shape index (κ1) is 11.2.